The molecule has 0 aromatic heterocycles. The number of carbonyl (C=O) groups is 2. The third kappa shape index (κ3) is 3.94. The number of nitrogens with zero attached hydrogens (tertiary/aromatic N) is 1. The third-order valence-electron chi connectivity index (χ3n) is 2.67. The van der Waals surface area contributed by atoms with E-state index in [1.807, 2.05) is 0 Å². The van der Waals surface area contributed by atoms with Crippen molar-refractivity contribution < 1.29 is 23.8 Å². The summed E-state index contributed by atoms with van der Waals surface area (Å²) in [6.45, 7) is 2.29. The fourth-order valence-corrected chi connectivity index (χ4v) is 1.59. The van der Waals surface area contributed by atoms with Gasteiger partial charge in [-0.05, 0) is 19.1 Å². The van der Waals surface area contributed by atoms with Crippen molar-refractivity contribution in [1.29, 1.82) is 0 Å². The average Bonchev–Trinajstić information content (AvgIpc) is 2.38. The predicted octanol–water partition coefficient (Wildman–Crippen LogP) is 1.56. The molecular weight excluding hydrogens is 253 g/mol. The summed E-state index contributed by atoms with van der Waals surface area (Å²) in [4.78, 5) is 24.5. The van der Waals surface area contributed by atoms with Gasteiger partial charge >= 0.3 is 5.97 Å². The summed E-state index contributed by atoms with van der Waals surface area (Å²) in [5, 5.41) is 9.55. The van der Waals surface area contributed by atoms with Crippen LogP contribution in [0.5, 0.6) is 5.75 Å². The minimum Gasteiger partial charge on any atom is -0.507 e. The van der Waals surface area contributed by atoms with Crippen LogP contribution in [0.25, 0.3) is 0 Å². The van der Waals surface area contributed by atoms with Crippen LogP contribution in [0.15, 0.2) is 18.2 Å². The lowest BCUT2D eigenvalue weighted by Crippen LogP contribution is -2.33. The first-order valence-electron chi connectivity index (χ1n) is 5.84. The Morgan fingerprint density at radius 3 is 2.63 bits per heavy atom. The lowest BCUT2D eigenvalue weighted by atomic mass is 10.1. The molecule has 0 aliphatic rings. The number of benzene rings is 1. The maximum atomic E-state index is 12.8. The molecule has 0 atom stereocenters. The summed E-state index contributed by atoms with van der Waals surface area (Å²) in [6, 6.07) is 3.19. The normalized spacial score (nSPS) is 10.1. The van der Waals surface area contributed by atoms with Crippen molar-refractivity contribution >= 4 is 11.9 Å². The van der Waals surface area contributed by atoms with Crippen molar-refractivity contribution in [3.63, 3.8) is 0 Å². The molecule has 0 saturated heterocycles. The van der Waals surface area contributed by atoms with E-state index in [4.69, 9.17) is 0 Å². The highest BCUT2D eigenvalue weighted by molar-refractivity contribution is 5.96. The van der Waals surface area contributed by atoms with E-state index < -0.39 is 23.4 Å². The zero-order chi connectivity index (χ0) is 14.4. The number of carbonyl (C=O) groups excluding carboxylic acids is 2. The van der Waals surface area contributed by atoms with Gasteiger partial charge in [0.05, 0.1) is 19.1 Å². The summed E-state index contributed by atoms with van der Waals surface area (Å²) < 4.78 is 17.3. The van der Waals surface area contributed by atoms with Gasteiger partial charge in [-0.1, -0.05) is 0 Å². The van der Waals surface area contributed by atoms with Crippen LogP contribution in [0.1, 0.15) is 23.7 Å². The second kappa shape index (κ2) is 6.72. The molecule has 1 aromatic carbocycles. The van der Waals surface area contributed by atoms with Crippen LogP contribution in [0.2, 0.25) is 0 Å². The molecule has 0 unspecified atom stereocenters. The number of ether oxygens (including phenoxy) is 1. The van der Waals surface area contributed by atoms with Gasteiger partial charge in [0.1, 0.15) is 11.6 Å². The SMILES string of the molecule is CCN(CCC(=O)OC)C(=O)c1ccc(F)cc1O. The molecule has 19 heavy (non-hydrogen) atoms. The van der Waals surface area contributed by atoms with Gasteiger partial charge in [-0.25, -0.2) is 4.39 Å². The zero-order valence-corrected chi connectivity index (χ0v) is 10.9. The molecule has 0 radical (unpaired) electrons. The fraction of sp³-hybridized carbons (Fsp3) is 0.385. The summed E-state index contributed by atoms with van der Waals surface area (Å²) in [7, 11) is 1.27. The minimum atomic E-state index is -0.619. The molecule has 0 heterocycles. The number of amides is 1. The van der Waals surface area contributed by atoms with Gasteiger partial charge in [-0.15, -0.1) is 0 Å². The van der Waals surface area contributed by atoms with E-state index >= 15 is 0 Å². The van der Waals surface area contributed by atoms with E-state index in [1.165, 1.54) is 18.1 Å². The molecule has 0 fully saturated rings. The number of aromatic hydroxyl groups is 1. The van der Waals surface area contributed by atoms with Gasteiger partial charge in [0.15, 0.2) is 0 Å². The maximum absolute atomic E-state index is 12.8. The fourth-order valence-electron chi connectivity index (χ4n) is 1.59. The van der Waals surface area contributed by atoms with Gasteiger partial charge in [-0.2, -0.15) is 0 Å². The number of esters is 1. The molecule has 0 spiro atoms. The topological polar surface area (TPSA) is 66.8 Å². The van der Waals surface area contributed by atoms with E-state index in [0.717, 1.165) is 12.1 Å². The van der Waals surface area contributed by atoms with Crippen LogP contribution in [0.3, 0.4) is 0 Å². The number of hydrogen-bond donors (Lipinski definition) is 1. The van der Waals surface area contributed by atoms with E-state index in [2.05, 4.69) is 4.74 Å². The number of methoxy groups -OCH3 is 1. The quantitative estimate of drug-likeness (QED) is 0.824. The minimum absolute atomic E-state index is 0.00751. The van der Waals surface area contributed by atoms with Gasteiger partial charge in [0.2, 0.25) is 0 Å². The monoisotopic (exact) mass is 269 g/mol. The lowest BCUT2D eigenvalue weighted by molar-refractivity contribution is -0.140. The van der Waals surface area contributed by atoms with Gasteiger partial charge < -0.3 is 14.7 Å². The van der Waals surface area contributed by atoms with E-state index in [9.17, 15) is 19.1 Å². The number of phenols is 1. The first-order chi connectivity index (χ1) is 8.99. The van der Waals surface area contributed by atoms with Crippen molar-refractivity contribution in [2.45, 2.75) is 13.3 Å². The largest absolute Gasteiger partial charge is 0.507 e. The predicted molar refractivity (Wildman–Crippen MR) is 66.3 cm³/mol. The van der Waals surface area contributed by atoms with E-state index in [0.29, 0.717) is 6.54 Å². The van der Waals surface area contributed by atoms with E-state index in [-0.39, 0.29) is 18.5 Å². The Balaban J connectivity index is 2.80. The summed E-state index contributed by atoms with van der Waals surface area (Å²) in [5.74, 6) is -1.91. The summed E-state index contributed by atoms with van der Waals surface area (Å²) >= 11 is 0. The van der Waals surface area contributed by atoms with Gasteiger partial charge in [0, 0.05) is 19.2 Å². The Morgan fingerprint density at radius 1 is 1.42 bits per heavy atom. The molecule has 1 amide bonds. The summed E-state index contributed by atoms with van der Waals surface area (Å²) in [5.41, 5.74) is 0.00751. The van der Waals surface area contributed by atoms with Gasteiger partial charge in [0.25, 0.3) is 5.91 Å². The Bertz CT molecular complexity index is 476. The molecule has 1 aromatic rings. The van der Waals surface area contributed by atoms with Crippen LogP contribution < -0.4 is 0 Å². The van der Waals surface area contributed by atoms with Crippen LogP contribution in [0, 0.1) is 5.82 Å². The van der Waals surface area contributed by atoms with Crippen molar-refractivity contribution in [2.75, 3.05) is 20.2 Å². The van der Waals surface area contributed by atoms with Crippen LogP contribution in [-0.4, -0.2) is 42.1 Å². The standard InChI is InChI=1S/C13H16FNO4/c1-3-15(7-6-12(17)19-2)13(18)10-5-4-9(14)8-11(10)16/h4-5,8,16H,3,6-7H2,1-2H3. The lowest BCUT2D eigenvalue weighted by Gasteiger charge is -2.20. The van der Waals surface area contributed by atoms with Crippen molar-refractivity contribution in [3.05, 3.63) is 29.6 Å². The average molecular weight is 269 g/mol. The number of rotatable bonds is 5. The van der Waals surface area contributed by atoms with Crippen LogP contribution in [0.4, 0.5) is 4.39 Å². The molecule has 104 valence electrons. The number of halogens is 1. The second-order valence-corrected chi connectivity index (χ2v) is 3.87. The van der Waals surface area contributed by atoms with Crippen LogP contribution >= 0.6 is 0 Å². The first-order valence-corrected chi connectivity index (χ1v) is 5.84. The second-order valence-electron chi connectivity index (χ2n) is 3.87. The Hall–Kier alpha value is -2.11. The highest BCUT2D eigenvalue weighted by Gasteiger charge is 2.18. The maximum Gasteiger partial charge on any atom is 0.307 e. The molecule has 0 bridgehead atoms. The Labute approximate surface area is 110 Å². The number of hydrogen-bond acceptors (Lipinski definition) is 4. The molecular formula is C13H16FNO4. The third-order valence-corrected chi connectivity index (χ3v) is 2.67. The van der Waals surface area contributed by atoms with Crippen molar-refractivity contribution in [1.82, 2.24) is 4.90 Å². The molecule has 6 heteroatoms. The number of phenolic OH excluding ortho intramolecular Hbond substituents is 1. The van der Waals surface area contributed by atoms with Crippen LogP contribution in [-0.2, 0) is 9.53 Å². The smallest absolute Gasteiger partial charge is 0.307 e. The van der Waals surface area contributed by atoms with E-state index in [1.54, 1.807) is 6.92 Å². The van der Waals surface area contributed by atoms with Gasteiger partial charge in [-0.3, -0.25) is 9.59 Å². The Morgan fingerprint density at radius 2 is 2.11 bits per heavy atom. The Kier molecular flexibility index (Phi) is 5.29. The highest BCUT2D eigenvalue weighted by Crippen LogP contribution is 2.20. The highest BCUT2D eigenvalue weighted by atomic mass is 19.1. The van der Waals surface area contributed by atoms with Crippen molar-refractivity contribution in [3.8, 4) is 5.75 Å². The molecule has 5 nitrogen and oxygen atoms in total. The molecule has 0 aliphatic heterocycles. The summed E-state index contributed by atoms with van der Waals surface area (Å²) in [6.07, 6.45) is 0.0675. The molecule has 1 rings (SSSR count). The first kappa shape index (κ1) is 14.9. The van der Waals surface area contributed by atoms with Crippen molar-refractivity contribution in [2.24, 2.45) is 0 Å². The molecule has 1 N–H and O–H groups in total. The molecule has 0 saturated carbocycles. The zero-order valence-electron chi connectivity index (χ0n) is 10.9. The molecule has 0 aliphatic carbocycles.